The Morgan fingerprint density at radius 2 is 1.87 bits per heavy atom. The van der Waals surface area contributed by atoms with Crippen LogP contribution >= 0.6 is 11.3 Å². The molecule has 0 atom stereocenters. The van der Waals surface area contributed by atoms with Crippen molar-refractivity contribution in [2.75, 3.05) is 11.4 Å². The summed E-state index contributed by atoms with van der Waals surface area (Å²) in [6.45, 7) is 2.57. The molecular weight excluding hydrogens is 306 g/mol. The first-order chi connectivity index (χ1) is 11.3. The van der Waals surface area contributed by atoms with Crippen LogP contribution in [0.1, 0.15) is 12.5 Å². The largest absolute Gasteiger partial charge is 0.288 e. The van der Waals surface area contributed by atoms with Crippen molar-refractivity contribution >= 4 is 22.4 Å². The van der Waals surface area contributed by atoms with Crippen LogP contribution in [0.3, 0.4) is 0 Å². The fraction of sp³-hybridized carbons (Fsp3) is 0.167. The van der Waals surface area contributed by atoms with Gasteiger partial charge < -0.3 is 0 Å². The SMILES string of the molecule is CCN(C(=O)Cc1ccccc1)c1nc(-c2ccncc2)cs1. The van der Waals surface area contributed by atoms with E-state index in [1.165, 1.54) is 11.3 Å². The van der Waals surface area contributed by atoms with Crippen molar-refractivity contribution in [3.05, 3.63) is 65.8 Å². The topological polar surface area (TPSA) is 46.1 Å². The minimum absolute atomic E-state index is 0.0642. The lowest BCUT2D eigenvalue weighted by Crippen LogP contribution is -2.31. The second kappa shape index (κ2) is 7.15. The molecule has 0 aliphatic carbocycles. The molecule has 23 heavy (non-hydrogen) atoms. The quantitative estimate of drug-likeness (QED) is 0.717. The molecule has 3 aromatic rings. The van der Waals surface area contributed by atoms with Crippen LogP contribution < -0.4 is 4.90 Å². The van der Waals surface area contributed by atoms with Crippen molar-refractivity contribution in [2.24, 2.45) is 0 Å². The lowest BCUT2D eigenvalue weighted by molar-refractivity contribution is -0.117. The first kappa shape index (κ1) is 15.4. The highest BCUT2D eigenvalue weighted by Crippen LogP contribution is 2.27. The van der Waals surface area contributed by atoms with Gasteiger partial charge >= 0.3 is 0 Å². The molecule has 0 saturated carbocycles. The van der Waals surface area contributed by atoms with Gasteiger partial charge in [-0.3, -0.25) is 14.7 Å². The molecule has 116 valence electrons. The zero-order valence-electron chi connectivity index (χ0n) is 12.8. The summed E-state index contributed by atoms with van der Waals surface area (Å²) in [7, 11) is 0. The van der Waals surface area contributed by atoms with Gasteiger partial charge in [0.1, 0.15) is 0 Å². The maximum Gasteiger partial charge on any atom is 0.233 e. The van der Waals surface area contributed by atoms with Gasteiger partial charge in [-0.1, -0.05) is 30.3 Å². The summed E-state index contributed by atoms with van der Waals surface area (Å²) >= 11 is 1.49. The summed E-state index contributed by atoms with van der Waals surface area (Å²) in [6, 6.07) is 13.6. The molecule has 4 nitrogen and oxygen atoms in total. The smallest absolute Gasteiger partial charge is 0.233 e. The van der Waals surface area contributed by atoms with E-state index in [2.05, 4.69) is 9.97 Å². The van der Waals surface area contributed by atoms with E-state index in [0.717, 1.165) is 22.0 Å². The predicted molar refractivity (Wildman–Crippen MR) is 93.5 cm³/mol. The Bertz CT molecular complexity index is 771. The molecule has 0 fully saturated rings. The summed E-state index contributed by atoms with van der Waals surface area (Å²) in [4.78, 5) is 22.9. The first-order valence-electron chi connectivity index (χ1n) is 7.48. The standard InChI is InChI=1S/C18H17N3OS/c1-2-21(17(22)12-14-6-4-3-5-7-14)18-20-16(13-23-18)15-8-10-19-11-9-15/h3-11,13H,2,12H2,1H3. The van der Waals surface area contributed by atoms with Gasteiger partial charge in [0.25, 0.3) is 0 Å². The van der Waals surface area contributed by atoms with Gasteiger partial charge in [0.2, 0.25) is 5.91 Å². The van der Waals surface area contributed by atoms with Crippen LogP contribution in [0.2, 0.25) is 0 Å². The van der Waals surface area contributed by atoms with Crippen molar-refractivity contribution in [3.63, 3.8) is 0 Å². The minimum atomic E-state index is 0.0642. The molecule has 0 N–H and O–H groups in total. The second-order valence-electron chi connectivity index (χ2n) is 5.05. The van der Waals surface area contributed by atoms with Crippen molar-refractivity contribution in [3.8, 4) is 11.3 Å². The van der Waals surface area contributed by atoms with Gasteiger partial charge in [-0.05, 0) is 24.6 Å². The van der Waals surface area contributed by atoms with Crippen LogP contribution in [-0.2, 0) is 11.2 Å². The Morgan fingerprint density at radius 3 is 2.57 bits per heavy atom. The van der Waals surface area contributed by atoms with E-state index in [-0.39, 0.29) is 5.91 Å². The number of carbonyl (C=O) groups is 1. The minimum Gasteiger partial charge on any atom is -0.288 e. The zero-order chi connectivity index (χ0) is 16.1. The number of thiazole rings is 1. The van der Waals surface area contributed by atoms with Gasteiger partial charge in [0.05, 0.1) is 12.1 Å². The molecule has 2 aromatic heterocycles. The lowest BCUT2D eigenvalue weighted by Gasteiger charge is -2.17. The van der Waals surface area contributed by atoms with E-state index in [1.54, 1.807) is 17.3 Å². The van der Waals surface area contributed by atoms with Crippen LogP contribution in [0.4, 0.5) is 5.13 Å². The Kier molecular flexibility index (Phi) is 4.78. The molecule has 0 bridgehead atoms. The van der Waals surface area contributed by atoms with Crippen molar-refractivity contribution < 1.29 is 4.79 Å². The Hall–Kier alpha value is -2.53. The van der Waals surface area contributed by atoms with E-state index < -0.39 is 0 Å². The summed E-state index contributed by atoms with van der Waals surface area (Å²) in [6.07, 6.45) is 3.87. The monoisotopic (exact) mass is 323 g/mol. The normalized spacial score (nSPS) is 10.5. The third-order valence-electron chi connectivity index (χ3n) is 3.51. The molecule has 0 unspecified atom stereocenters. The fourth-order valence-corrected chi connectivity index (χ4v) is 3.24. The van der Waals surface area contributed by atoms with E-state index >= 15 is 0 Å². The van der Waals surface area contributed by atoms with E-state index in [0.29, 0.717) is 13.0 Å². The Labute approximate surface area is 139 Å². The number of nitrogens with zero attached hydrogens (tertiary/aromatic N) is 3. The molecule has 0 spiro atoms. The molecule has 3 rings (SSSR count). The summed E-state index contributed by atoms with van der Waals surface area (Å²) in [5.41, 5.74) is 2.90. The molecule has 0 saturated heterocycles. The van der Waals surface area contributed by atoms with Gasteiger partial charge in [-0.2, -0.15) is 0 Å². The number of aromatic nitrogens is 2. The predicted octanol–water partition coefficient (Wildman–Crippen LogP) is 3.80. The highest BCUT2D eigenvalue weighted by atomic mass is 32.1. The average molecular weight is 323 g/mol. The Balaban J connectivity index is 1.78. The van der Waals surface area contributed by atoms with Crippen molar-refractivity contribution in [2.45, 2.75) is 13.3 Å². The van der Waals surface area contributed by atoms with Gasteiger partial charge in [-0.15, -0.1) is 11.3 Å². The van der Waals surface area contributed by atoms with Crippen LogP contribution in [0.15, 0.2) is 60.2 Å². The van der Waals surface area contributed by atoms with E-state index in [9.17, 15) is 4.79 Å². The van der Waals surface area contributed by atoms with Crippen LogP contribution in [-0.4, -0.2) is 22.4 Å². The van der Waals surface area contributed by atoms with Crippen LogP contribution in [0.5, 0.6) is 0 Å². The summed E-state index contributed by atoms with van der Waals surface area (Å²) in [5.74, 6) is 0.0642. The third kappa shape index (κ3) is 3.63. The molecule has 2 heterocycles. The van der Waals surface area contributed by atoms with Crippen LogP contribution in [0.25, 0.3) is 11.3 Å². The van der Waals surface area contributed by atoms with E-state index in [4.69, 9.17) is 0 Å². The number of hydrogen-bond donors (Lipinski definition) is 0. The molecule has 1 amide bonds. The highest BCUT2D eigenvalue weighted by Gasteiger charge is 2.18. The first-order valence-corrected chi connectivity index (χ1v) is 8.36. The maximum absolute atomic E-state index is 12.6. The number of benzene rings is 1. The number of pyridine rings is 1. The highest BCUT2D eigenvalue weighted by molar-refractivity contribution is 7.14. The summed E-state index contributed by atoms with van der Waals surface area (Å²) in [5, 5.41) is 2.71. The van der Waals surface area contributed by atoms with E-state index in [1.807, 2.05) is 54.8 Å². The molecule has 5 heteroatoms. The third-order valence-corrected chi connectivity index (χ3v) is 4.38. The van der Waals surface area contributed by atoms with Gasteiger partial charge in [0.15, 0.2) is 5.13 Å². The van der Waals surface area contributed by atoms with Gasteiger partial charge in [-0.25, -0.2) is 4.98 Å². The number of carbonyl (C=O) groups excluding carboxylic acids is 1. The molecule has 0 aliphatic heterocycles. The fourth-order valence-electron chi connectivity index (χ4n) is 2.33. The maximum atomic E-state index is 12.6. The number of rotatable bonds is 5. The molecular formula is C18H17N3OS. The molecule has 1 aromatic carbocycles. The van der Waals surface area contributed by atoms with Crippen molar-refractivity contribution in [1.82, 2.24) is 9.97 Å². The number of amides is 1. The Morgan fingerprint density at radius 1 is 1.13 bits per heavy atom. The average Bonchev–Trinajstić information content (AvgIpc) is 3.07. The summed E-state index contributed by atoms with van der Waals surface area (Å²) < 4.78 is 0. The molecule has 0 radical (unpaired) electrons. The zero-order valence-corrected chi connectivity index (χ0v) is 13.7. The number of likely N-dealkylation sites (N-methyl/N-ethyl adjacent to an activating group) is 1. The lowest BCUT2D eigenvalue weighted by atomic mass is 10.1. The van der Waals surface area contributed by atoms with Gasteiger partial charge in [0, 0.05) is 29.9 Å². The van der Waals surface area contributed by atoms with Crippen molar-refractivity contribution in [1.29, 1.82) is 0 Å². The molecule has 0 aliphatic rings. The number of anilines is 1. The second-order valence-corrected chi connectivity index (χ2v) is 5.89. The van der Waals surface area contributed by atoms with Crippen LogP contribution in [0, 0.1) is 0 Å². The number of hydrogen-bond acceptors (Lipinski definition) is 4.